The molecular weight excluding hydrogens is 1040 g/mol. The van der Waals surface area contributed by atoms with Gasteiger partial charge >= 0.3 is 0 Å². The van der Waals surface area contributed by atoms with Crippen molar-refractivity contribution in [3.05, 3.63) is 173 Å². The molecule has 21 heteroatoms. The first-order valence-corrected chi connectivity index (χ1v) is 28.4. The minimum Gasteiger partial charge on any atom is -0.399 e. The third kappa shape index (κ3) is 50.7. The number of aliphatic hydroxyl groups excluding tert-OH is 3. The van der Waals surface area contributed by atoms with Gasteiger partial charge in [-0.15, -0.1) is 11.3 Å². The second-order valence-corrected chi connectivity index (χ2v) is 19.5. The normalized spacial score (nSPS) is 15.5. The summed E-state index contributed by atoms with van der Waals surface area (Å²) in [5, 5.41) is 41.5. The van der Waals surface area contributed by atoms with Crippen molar-refractivity contribution in [1.29, 1.82) is 0 Å². The van der Waals surface area contributed by atoms with Gasteiger partial charge in [0.15, 0.2) is 0 Å². The molecule has 2 aromatic heterocycles. The number of anilines is 2. The quantitative estimate of drug-likeness (QED) is 0.102. The summed E-state index contributed by atoms with van der Waals surface area (Å²) in [5.74, 6) is -0.466. The van der Waals surface area contributed by atoms with Crippen LogP contribution in [0.4, 0.5) is 20.2 Å². The number of halogens is 2. The maximum absolute atomic E-state index is 12.2. The van der Waals surface area contributed by atoms with Gasteiger partial charge in [-0.05, 0) is 156 Å². The number of rotatable bonds is 4. The summed E-state index contributed by atoms with van der Waals surface area (Å²) in [6, 6.07) is 31.7. The van der Waals surface area contributed by atoms with Gasteiger partial charge in [0.05, 0.1) is 23.8 Å². The minimum absolute atomic E-state index is 0.0266. The third-order valence-electron chi connectivity index (χ3n) is 10.7. The summed E-state index contributed by atoms with van der Waals surface area (Å²) in [5.41, 5.74) is 43.2. The molecule has 5 saturated heterocycles. The number of nitrogens with two attached hydrogens (primary N) is 7. The van der Waals surface area contributed by atoms with Crippen LogP contribution >= 0.6 is 11.3 Å². The van der Waals surface area contributed by atoms with Crippen LogP contribution in [0.2, 0.25) is 0 Å². The van der Waals surface area contributed by atoms with Crippen molar-refractivity contribution in [1.82, 2.24) is 41.5 Å². The monoisotopic (exact) mass is 1140 g/mol. The fourth-order valence-corrected chi connectivity index (χ4v) is 6.55. The smallest absolute Gasteiger partial charge is 0.123 e. The molecule has 11 rings (SSSR count). The summed E-state index contributed by atoms with van der Waals surface area (Å²) in [7, 11) is 0. The summed E-state index contributed by atoms with van der Waals surface area (Å²) in [6.07, 6.45) is 16.3. The van der Waals surface area contributed by atoms with Crippen LogP contribution in [0.15, 0.2) is 140 Å². The van der Waals surface area contributed by atoms with E-state index >= 15 is 0 Å². The van der Waals surface area contributed by atoms with Gasteiger partial charge in [-0.25, -0.2) is 18.7 Å². The lowest BCUT2D eigenvalue weighted by Gasteiger charge is -2.20. The van der Waals surface area contributed by atoms with Crippen LogP contribution in [-0.2, 0) is 26.2 Å². The van der Waals surface area contributed by atoms with Crippen LogP contribution in [0.5, 0.6) is 0 Å². The summed E-state index contributed by atoms with van der Waals surface area (Å²) < 4.78 is 24.2. The molecule has 6 aromatic rings. The molecule has 4 aromatic carbocycles. The Labute approximate surface area is 480 Å². The maximum Gasteiger partial charge on any atom is 0.123 e. The SMILES string of the molecule is C1CCNC1.C1CCNCC1.CC(C)N.NCc1ccc(F)cc1.NCc1ccccc1.NCc1cncnc1.NCc1cncs1.Nc1ccc(F)cc1.Nc1ccccc1.OC1CCNC1.OC1CCNCC1.OC1CNC1. The van der Waals surface area contributed by atoms with Gasteiger partial charge in [0.1, 0.15) is 18.0 Å². The molecule has 0 radical (unpaired) electrons. The highest BCUT2D eigenvalue weighted by Gasteiger charge is 2.10. The van der Waals surface area contributed by atoms with E-state index in [1.165, 1.54) is 107 Å². The summed E-state index contributed by atoms with van der Waals surface area (Å²) in [4.78, 5) is 12.5. The number of β-amino-alcohol motifs (C(OH)–C–C–N with tert-alkyl or cyclic N) is 2. The van der Waals surface area contributed by atoms with E-state index in [4.69, 9.17) is 55.5 Å². The molecule has 1 atom stereocenters. The zero-order valence-corrected chi connectivity index (χ0v) is 48.4. The highest BCUT2D eigenvalue weighted by molar-refractivity contribution is 7.09. The van der Waals surface area contributed by atoms with Crippen molar-refractivity contribution in [2.24, 2.45) is 28.7 Å². The molecule has 0 aliphatic carbocycles. The number of aliphatic hydroxyl groups is 3. The molecular formula is C59H99F2N15O3S. The average Bonchev–Trinajstić information content (AvgIpc) is 4.35. The van der Waals surface area contributed by atoms with E-state index in [1.807, 2.05) is 74.5 Å². The Kier molecular flexibility index (Phi) is 50.4. The van der Waals surface area contributed by atoms with Gasteiger partial charge < -0.3 is 82.0 Å². The van der Waals surface area contributed by atoms with Crippen molar-refractivity contribution < 1.29 is 24.1 Å². The van der Waals surface area contributed by atoms with Crippen molar-refractivity contribution in [2.45, 2.75) is 116 Å². The number of piperidine rings is 2. The molecule has 448 valence electrons. The highest BCUT2D eigenvalue weighted by atomic mass is 32.1. The summed E-state index contributed by atoms with van der Waals surface area (Å²) >= 11 is 1.59. The van der Waals surface area contributed by atoms with E-state index in [2.05, 4.69) is 41.5 Å². The first kappa shape index (κ1) is 74.5. The van der Waals surface area contributed by atoms with E-state index in [0.717, 1.165) is 80.2 Å². The van der Waals surface area contributed by atoms with Gasteiger partial charge in [0.2, 0.25) is 0 Å². The van der Waals surface area contributed by atoms with Crippen LogP contribution in [-0.4, -0.2) is 120 Å². The average molecular weight is 1140 g/mol. The Morgan fingerprint density at radius 1 is 0.475 bits per heavy atom. The number of para-hydroxylation sites is 1. The lowest BCUT2D eigenvalue weighted by molar-refractivity contribution is 0.117. The van der Waals surface area contributed by atoms with Crippen LogP contribution < -0.4 is 66.7 Å². The lowest BCUT2D eigenvalue weighted by Crippen LogP contribution is -2.46. The Bertz CT molecular complexity index is 2060. The van der Waals surface area contributed by atoms with Crippen LogP contribution in [0, 0.1) is 11.6 Å². The number of nitrogen functional groups attached to an aromatic ring is 2. The lowest BCUT2D eigenvalue weighted by atomic mass is 10.1. The van der Waals surface area contributed by atoms with Crippen LogP contribution in [0.1, 0.15) is 86.8 Å². The number of nitrogens with one attached hydrogen (secondary N) is 5. The molecule has 5 fully saturated rings. The van der Waals surface area contributed by atoms with Gasteiger partial charge in [0, 0.05) is 86.2 Å². The second-order valence-electron chi connectivity index (χ2n) is 18.6. The topological polar surface area (TPSA) is 342 Å². The highest BCUT2D eigenvalue weighted by Crippen LogP contribution is 2.04. The van der Waals surface area contributed by atoms with Crippen molar-refractivity contribution in [3.63, 3.8) is 0 Å². The maximum atomic E-state index is 12.2. The zero-order chi connectivity index (χ0) is 59.1. The van der Waals surface area contributed by atoms with Crippen molar-refractivity contribution in [3.8, 4) is 0 Å². The number of hydrogen-bond acceptors (Lipinski definition) is 19. The van der Waals surface area contributed by atoms with E-state index < -0.39 is 0 Å². The van der Waals surface area contributed by atoms with Gasteiger partial charge in [-0.2, -0.15) is 0 Å². The predicted molar refractivity (Wildman–Crippen MR) is 329 cm³/mol. The molecule has 5 aliphatic rings. The molecule has 0 amide bonds. The number of aromatic nitrogens is 3. The number of nitrogens with zero attached hydrogens (tertiary/aromatic N) is 3. The Morgan fingerprint density at radius 3 is 1.12 bits per heavy atom. The second kappa shape index (κ2) is 54.1. The van der Waals surface area contributed by atoms with Gasteiger partial charge in [0.25, 0.3) is 0 Å². The summed E-state index contributed by atoms with van der Waals surface area (Å²) in [6.45, 7) is 16.5. The van der Waals surface area contributed by atoms with E-state index in [1.54, 1.807) is 47.6 Å². The molecule has 7 heterocycles. The molecule has 18 nitrogen and oxygen atoms in total. The zero-order valence-electron chi connectivity index (χ0n) is 47.5. The number of hydrogen-bond donors (Lipinski definition) is 15. The molecule has 5 aliphatic heterocycles. The minimum atomic E-state index is -0.251. The Morgan fingerprint density at radius 2 is 0.875 bits per heavy atom. The predicted octanol–water partition coefficient (Wildman–Crippen LogP) is 5.15. The largest absolute Gasteiger partial charge is 0.399 e. The van der Waals surface area contributed by atoms with Crippen molar-refractivity contribution >= 4 is 22.7 Å². The number of thiazole rings is 1. The first-order chi connectivity index (χ1) is 38.7. The first-order valence-electron chi connectivity index (χ1n) is 27.6. The standard InChI is InChI=1S/C7H8FN.C7H9N.C6H6FN.C6H7N.C5H7N3.C5H11NO.C5H11N.C4H6N2S.C4H9NO.C4H9N.C3H7NO.C3H9N/c8-7-3-1-6(5-9)2-4-7;8-6-7-4-2-1-3-5-7;7-5-1-3-6(8)4-2-5;7-6-4-2-1-3-5-6;6-1-5-2-7-4-8-3-5;7-5-1-3-6-4-2-5;1-2-4-6-5-3-1;5-1-4-2-6-3-7-4;6-4-1-2-5-3-4;1-2-4-5-3-1;5-3-1-4-2-3;1-3(2)4/h1-4H,5,9H2;1-5H,6,8H2;1-4H,8H2;1-5H,7H2;2-4H,1,6H2;5-7H,1-4H2;6H,1-5H2;2-3H,1,5H2;4-6H,1-3H2;5H,1-4H2;3-5H,1-2H2;3H,4H2,1-2H3. The van der Waals surface area contributed by atoms with Gasteiger partial charge in [-0.3, -0.25) is 4.98 Å². The van der Waals surface area contributed by atoms with Crippen LogP contribution in [0.3, 0.4) is 0 Å². The van der Waals surface area contributed by atoms with E-state index in [9.17, 15) is 8.78 Å². The number of benzene rings is 4. The Hall–Kier alpha value is -5.47. The molecule has 0 spiro atoms. The Balaban J connectivity index is 0.000000855. The third-order valence-corrected chi connectivity index (χ3v) is 11.5. The molecule has 80 heavy (non-hydrogen) atoms. The molecule has 22 N–H and O–H groups in total. The van der Waals surface area contributed by atoms with E-state index in [-0.39, 0.29) is 29.9 Å². The van der Waals surface area contributed by atoms with E-state index in [0.29, 0.717) is 37.9 Å². The van der Waals surface area contributed by atoms with Crippen molar-refractivity contribution in [2.75, 3.05) is 76.9 Å². The van der Waals surface area contributed by atoms with Gasteiger partial charge in [-0.1, -0.05) is 80.9 Å². The molecule has 0 bridgehead atoms. The fourth-order valence-electron chi connectivity index (χ4n) is 6.08. The fraction of sp³-hybridized carbons (Fsp3) is 0.475. The molecule has 1 unspecified atom stereocenters. The van der Waals surface area contributed by atoms with Crippen LogP contribution in [0.25, 0.3) is 0 Å². The molecule has 0 saturated carbocycles.